The number of imidazole rings is 1. The van der Waals surface area contributed by atoms with E-state index in [1.54, 1.807) is 6.20 Å². The van der Waals surface area contributed by atoms with E-state index in [0.29, 0.717) is 17.3 Å². The lowest BCUT2D eigenvalue weighted by atomic mass is 10.0. The summed E-state index contributed by atoms with van der Waals surface area (Å²) in [4.78, 5) is 15.5. The van der Waals surface area contributed by atoms with Crippen LogP contribution in [0.15, 0.2) is 42.7 Å². The molecule has 3 heterocycles. The molecular weight excluding hydrogens is 379 g/mol. The van der Waals surface area contributed by atoms with Crippen LogP contribution in [0.5, 0.6) is 0 Å². The average molecular weight is 409 g/mol. The quantitative estimate of drug-likeness (QED) is 0.653. The number of aryl methyl sites for hydroxylation is 1. The number of halogens is 1. The Morgan fingerprint density at radius 2 is 1.83 bits per heavy atom. The third kappa shape index (κ3) is 4.51. The van der Waals surface area contributed by atoms with E-state index in [9.17, 15) is 4.39 Å². The monoisotopic (exact) mass is 408 g/mol. The molecule has 30 heavy (non-hydrogen) atoms. The van der Waals surface area contributed by atoms with Crippen LogP contribution in [-0.2, 0) is 6.54 Å². The predicted molar refractivity (Wildman–Crippen MR) is 117 cm³/mol. The Hall–Kier alpha value is -2.80. The minimum Gasteiger partial charge on any atom is -0.351 e. The molecule has 2 aromatic heterocycles. The molecule has 0 bridgehead atoms. The molecule has 0 unspecified atom stereocenters. The van der Waals surface area contributed by atoms with Crippen LogP contribution in [0.3, 0.4) is 0 Å². The first-order valence-corrected chi connectivity index (χ1v) is 10.6. The minimum atomic E-state index is -0.431. The second-order valence-corrected chi connectivity index (χ2v) is 8.22. The fraction of sp³-hybridized carbons (Fsp3) is 0.435. The summed E-state index contributed by atoms with van der Waals surface area (Å²) in [6.45, 7) is 9.04. The number of rotatable bonds is 6. The van der Waals surface area contributed by atoms with Crippen LogP contribution in [0.2, 0.25) is 0 Å². The lowest BCUT2D eigenvalue weighted by Crippen LogP contribution is -2.39. The summed E-state index contributed by atoms with van der Waals surface area (Å²) in [6, 6.07) is 11.0. The van der Waals surface area contributed by atoms with Gasteiger partial charge in [0, 0.05) is 31.7 Å². The van der Waals surface area contributed by atoms with Crippen LogP contribution in [0, 0.1) is 12.7 Å². The Morgan fingerprint density at radius 3 is 2.53 bits per heavy atom. The Morgan fingerprint density at radius 1 is 1.10 bits per heavy atom. The van der Waals surface area contributed by atoms with Gasteiger partial charge in [0.25, 0.3) is 0 Å². The van der Waals surface area contributed by atoms with E-state index in [0.717, 1.165) is 38.3 Å². The molecule has 158 valence electrons. The Labute approximate surface area is 177 Å². The Bertz CT molecular complexity index is 977. The van der Waals surface area contributed by atoms with Crippen LogP contribution in [0.1, 0.15) is 44.1 Å². The normalized spacial score (nSPS) is 15.6. The van der Waals surface area contributed by atoms with Gasteiger partial charge in [-0.2, -0.15) is 0 Å². The molecule has 1 saturated heterocycles. The highest BCUT2D eigenvalue weighted by atomic mass is 19.1. The van der Waals surface area contributed by atoms with Crippen LogP contribution < -0.4 is 5.32 Å². The maximum Gasteiger partial charge on any atom is 0.223 e. The smallest absolute Gasteiger partial charge is 0.223 e. The van der Waals surface area contributed by atoms with E-state index < -0.39 is 5.82 Å². The summed E-state index contributed by atoms with van der Waals surface area (Å²) < 4.78 is 16.5. The zero-order valence-corrected chi connectivity index (χ0v) is 17.8. The van der Waals surface area contributed by atoms with E-state index in [1.165, 1.54) is 11.8 Å². The van der Waals surface area contributed by atoms with Gasteiger partial charge < -0.3 is 9.88 Å². The Kier molecular flexibility index (Phi) is 6.08. The summed E-state index contributed by atoms with van der Waals surface area (Å²) in [5, 5.41) is 3.41. The number of nitrogens with zero attached hydrogens (tertiary/aromatic N) is 5. The number of piperidine rings is 1. The molecule has 1 N–H and O–H groups in total. The second-order valence-electron chi connectivity index (χ2n) is 8.22. The van der Waals surface area contributed by atoms with Gasteiger partial charge in [-0.25, -0.2) is 19.3 Å². The maximum absolute atomic E-state index is 14.5. The van der Waals surface area contributed by atoms with Crippen molar-refractivity contribution in [3.05, 3.63) is 59.9 Å². The number of aromatic nitrogens is 4. The van der Waals surface area contributed by atoms with E-state index >= 15 is 0 Å². The van der Waals surface area contributed by atoms with Gasteiger partial charge in [-0.1, -0.05) is 30.3 Å². The van der Waals surface area contributed by atoms with E-state index in [4.69, 9.17) is 0 Å². The number of benzene rings is 1. The van der Waals surface area contributed by atoms with Crippen molar-refractivity contribution >= 4 is 5.95 Å². The molecular formula is C23H29FN6. The fourth-order valence-electron chi connectivity index (χ4n) is 4.16. The van der Waals surface area contributed by atoms with Crippen molar-refractivity contribution in [1.82, 2.24) is 24.4 Å². The van der Waals surface area contributed by atoms with Crippen LogP contribution in [0.25, 0.3) is 11.4 Å². The molecule has 0 atom stereocenters. The molecule has 0 aliphatic carbocycles. The van der Waals surface area contributed by atoms with Gasteiger partial charge >= 0.3 is 0 Å². The number of hydrogen-bond acceptors (Lipinski definition) is 5. The molecule has 3 aromatic rings. The molecule has 0 radical (unpaired) electrons. The highest BCUT2D eigenvalue weighted by Crippen LogP contribution is 2.26. The molecule has 1 aliphatic rings. The van der Waals surface area contributed by atoms with Crippen molar-refractivity contribution in [1.29, 1.82) is 0 Å². The molecule has 1 aromatic carbocycles. The van der Waals surface area contributed by atoms with Crippen molar-refractivity contribution in [3.8, 4) is 11.4 Å². The highest BCUT2D eigenvalue weighted by molar-refractivity contribution is 5.57. The molecule has 1 aliphatic heterocycles. The molecule has 6 nitrogen and oxygen atoms in total. The van der Waals surface area contributed by atoms with Crippen LogP contribution >= 0.6 is 0 Å². The van der Waals surface area contributed by atoms with E-state index in [1.807, 2.05) is 17.6 Å². The van der Waals surface area contributed by atoms with Gasteiger partial charge in [0.05, 0.1) is 18.1 Å². The average Bonchev–Trinajstić information content (AvgIpc) is 3.13. The summed E-state index contributed by atoms with van der Waals surface area (Å²) in [5.74, 6) is 0.889. The number of nitrogens with one attached hydrogen (secondary N) is 1. The van der Waals surface area contributed by atoms with Crippen LogP contribution in [-0.4, -0.2) is 43.6 Å². The van der Waals surface area contributed by atoms with Gasteiger partial charge in [0.15, 0.2) is 5.82 Å². The summed E-state index contributed by atoms with van der Waals surface area (Å²) in [5.41, 5.74) is 2.32. The topological polar surface area (TPSA) is 58.9 Å². The van der Waals surface area contributed by atoms with Crippen molar-refractivity contribution in [2.75, 3.05) is 18.4 Å². The molecule has 0 spiro atoms. The van der Waals surface area contributed by atoms with E-state index in [-0.39, 0.29) is 12.1 Å². The third-order valence-corrected chi connectivity index (χ3v) is 5.65. The molecule has 1 fully saturated rings. The highest BCUT2D eigenvalue weighted by Gasteiger charge is 2.22. The summed E-state index contributed by atoms with van der Waals surface area (Å²) >= 11 is 0. The van der Waals surface area contributed by atoms with Gasteiger partial charge in [-0.3, -0.25) is 4.90 Å². The largest absolute Gasteiger partial charge is 0.351 e. The first kappa shape index (κ1) is 20.5. The minimum absolute atomic E-state index is 0.169. The predicted octanol–water partition coefficient (Wildman–Crippen LogP) is 4.45. The zero-order valence-electron chi connectivity index (χ0n) is 17.8. The molecule has 0 amide bonds. The van der Waals surface area contributed by atoms with Crippen molar-refractivity contribution in [3.63, 3.8) is 0 Å². The zero-order chi connectivity index (χ0) is 21.1. The van der Waals surface area contributed by atoms with Gasteiger partial charge in [0.1, 0.15) is 11.5 Å². The van der Waals surface area contributed by atoms with Gasteiger partial charge in [-0.15, -0.1) is 0 Å². The lowest BCUT2D eigenvalue weighted by Gasteiger charge is -2.32. The SMILES string of the molecule is Cc1ncc(-c2nc(NC3CCN(Cc4ccccc4)CC3)ncc2F)n1C(C)C. The maximum atomic E-state index is 14.5. The first-order chi connectivity index (χ1) is 14.5. The van der Waals surface area contributed by atoms with E-state index in [2.05, 4.69) is 63.3 Å². The summed E-state index contributed by atoms with van der Waals surface area (Å²) in [7, 11) is 0. The van der Waals surface area contributed by atoms with Crippen molar-refractivity contribution in [2.45, 2.75) is 52.2 Å². The number of likely N-dealkylation sites (tertiary alicyclic amines) is 1. The Balaban J connectivity index is 1.42. The first-order valence-electron chi connectivity index (χ1n) is 10.6. The van der Waals surface area contributed by atoms with Crippen molar-refractivity contribution < 1.29 is 4.39 Å². The molecule has 4 rings (SSSR count). The van der Waals surface area contributed by atoms with Crippen molar-refractivity contribution in [2.24, 2.45) is 0 Å². The lowest BCUT2D eigenvalue weighted by molar-refractivity contribution is 0.211. The van der Waals surface area contributed by atoms with Gasteiger partial charge in [-0.05, 0) is 39.2 Å². The second kappa shape index (κ2) is 8.92. The molecule has 0 saturated carbocycles. The number of anilines is 1. The fourth-order valence-corrected chi connectivity index (χ4v) is 4.16. The summed E-state index contributed by atoms with van der Waals surface area (Å²) in [6.07, 6.45) is 4.95. The van der Waals surface area contributed by atoms with Crippen LogP contribution in [0.4, 0.5) is 10.3 Å². The molecule has 7 heteroatoms. The number of hydrogen-bond donors (Lipinski definition) is 1. The van der Waals surface area contributed by atoms with Gasteiger partial charge in [0.2, 0.25) is 5.95 Å². The standard InChI is InChI=1S/C23H29FN6/c1-16(2)30-17(3)25-14-21(30)22-20(24)13-26-23(28-22)27-19-9-11-29(12-10-19)15-18-7-5-4-6-8-18/h4-8,13-14,16,19H,9-12,15H2,1-3H3,(H,26,27,28). The third-order valence-electron chi connectivity index (χ3n) is 5.65.